The van der Waals surface area contributed by atoms with Gasteiger partial charge in [-0.15, -0.1) is 0 Å². The van der Waals surface area contributed by atoms with Crippen LogP contribution in [0.15, 0.2) is 24.3 Å². The Morgan fingerprint density at radius 3 is 2.53 bits per heavy atom. The number of nitrogens with zero attached hydrogens (tertiary/aromatic N) is 1. The molecule has 1 aliphatic carbocycles. The van der Waals surface area contributed by atoms with Crippen molar-refractivity contribution in [3.8, 4) is 5.75 Å². The van der Waals surface area contributed by atoms with Crippen LogP contribution in [0, 0.1) is 11.8 Å². The van der Waals surface area contributed by atoms with E-state index in [1.807, 2.05) is 31.2 Å². The number of piperidine rings is 1. The van der Waals surface area contributed by atoms with Crippen LogP contribution in [0.5, 0.6) is 5.75 Å². The second-order valence-corrected chi connectivity index (χ2v) is 9.34. The average Bonchev–Trinajstić information content (AvgIpc) is 2.74. The molecule has 1 aromatic carbocycles. The lowest BCUT2D eigenvalue weighted by Crippen LogP contribution is -2.48. The summed E-state index contributed by atoms with van der Waals surface area (Å²) < 4.78 is 11.9. The fraction of sp³-hybridized carbons (Fsp3) is 0.720. The Kier molecular flexibility index (Phi) is 8.58. The largest absolute Gasteiger partial charge is 0.494 e. The highest BCUT2D eigenvalue weighted by molar-refractivity contribution is 5.97. The normalized spacial score (nSPS) is 27.6. The molecular formula is C25H40N2O3. The number of ether oxygens (including phenoxy) is 2. The van der Waals surface area contributed by atoms with E-state index in [0.717, 1.165) is 62.6 Å². The molecular weight excluding hydrogens is 376 g/mol. The van der Waals surface area contributed by atoms with Crippen molar-refractivity contribution in [3.63, 3.8) is 0 Å². The summed E-state index contributed by atoms with van der Waals surface area (Å²) in [7, 11) is 0. The van der Waals surface area contributed by atoms with Gasteiger partial charge in [0.05, 0.1) is 6.61 Å². The minimum absolute atomic E-state index is 0.0133. The third-order valence-electron chi connectivity index (χ3n) is 6.66. The molecule has 1 unspecified atom stereocenters. The second-order valence-electron chi connectivity index (χ2n) is 9.34. The minimum Gasteiger partial charge on any atom is -0.494 e. The van der Waals surface area contributed by atoms with Crippen LogP contribution in [-0.4, -0.2) is 49.3 Å². The fourth-order valence-corrected chi connectivity index (χ4v) is 4.79. The molecule has 2 fully saturated rings. The zero-order valence-electron chi connectivity index (χ0n) is 19.1. The van der Waals surface area contributed by atoms with Gasteiger partial charge in [0.25, 0.3) is 5.91 Å². The number of anilines is 1. The third kappa shape index (κ3) is 6.45. The maximum Gasteiger partial charge on any atom is 0.256 e. The summed E-state index contributed by atoms with van der Waals surface area (Å²) in [6, 6.07) is 7.72. The molecule has 1 saturated carbocycles. The Morgan fingerprint density at radius 1 is 1.13 bits per heavy atom. The molecule has 2 aliphatic rings. The van der Waals surface area contributed by atoms with Crippen molar-refractivity contribution in [1.82, 2.24) is 4.90 Å². The number of benzene rings is 1. The van der Waals surface area contributed by atoms with Gasteiger partial charge < -0.3 is 19.7 Å². The molecule has 168 valence electrons. The quantitative estimate of drug-likeness (QED) is 0.568. The van der Waals surface area contributed by atoms with Crippen molar-refractivity contribution < 1.29 is 14.3 Å². The fourth-order valence-electron chi connectivity index (χ4n) is 4.79. The van der Waals surface area contributed by atoms with Crippen LogP contribution in [0.1, 0.15) is 65.7 Å². The molecule has 1 amide bonds. The van der Waals surface area contributed by atoms with E-state index in [-0.39, 0.29) is 5.91 Å². The first-order valence-corrected chi connectivity index (χ1v) is 11.9. The minimum atomic E-state index is -0.678. The Labute approximate surface area is 182 Å². The van der Waals surface area contributed by atoms with E-state index in [2.05, 4.69) is 24.1 Å². The van der Waals surface area contributed by atoms with E-state index in [1.165, 1.54) is 25.9 Å². The Balaban J connectivity index is 1.43. The lowest BCUT2D eigenvalue weighted by Gasteiger charge is -2.37. The highest BCUT2D eigenvalue weighted by atomic mass is 16.5. The number of likely N-dealkylation sites (tertiary alicyclic amines) is 1. The first-order chi connectivity index (χ1) is 14.5. The molecule has 0 spiro atoms. The predicted molar refractivity (Wildman–Crippen MR) is 122 cm³/mol. The predicted octanol–water partition coefficient (Wildman–Crippen LogP) is 5.11. The number of hydrogen-bond donors (Lipinski definition) is 1. The standard InChI is InChI=1S/C25H40N2O3/c1-4-30-25(14-12-20(2)13-15-25)24(28)26-22-8-10-23(11-9-22)29-18-6-17-27-16-5-7-21(3)19-27/h8-11,20-21H,4-7,12-19H2,1-3H3,(H,26,28). The van der Waals surface area contributed by atoms with Crippen LogP contribution in [0.3, 0.4) is 0 Å². The summed E-state index contributed by atoms with van der Waals surface area (Å²) >= 11 is 0. The van der Waals surface area contributed by atoms with Crippen molar-refractivity contribution in [2.75, 3.05) is 38.2 Å². The summed E-state index contributed by atoms with van der Waals surface area (Å²) in [5, 5.41) is 3.07. The molecule has 3 rings (SSSR count). The average molecular weight is 417 g/mol. The zero-order chi connectivity index (χ0) is 21.4. The van der Waals surface area contributed by atoms with Crippen molar-refractivity contribution >= 4 is 11.6 Å². The molecule has 1 heterocycles. The molecule has 0 bridgehead atoms. The number of carbonyl (C=O) groups excluding carboxylic acids is 1. The van der Waals surface area contributed by atoms with Gasteiger partial charge in [0.2, 0.25) is 0 Å². The Hall–Kier alpha value is -1.59. The van der Waals surface area contributed by atoms with Gasteiger partial charge in [-0.3, -0.25) is 4.79 Å². The molecule has 1 N–H and O–H groups in total. The Morgan fingerprint density at radius 2 is 1.87 bits per heavy atom. The van der Waals surface area contributed by atoms with Crippen LogP contribution in [0.25, 0.3) is 0 Å². The van der Waals surface area contributed by atoms with Gasteiger partial charge in [-0.25, -0.2) is 0 Å². The Bertz CT molecular complexity index is 653. The molecule has 5 heteroatoms. The lowest BCUT2D eigenvalue weighted by atomic mass is 9.78. The first-order valence-electron chi connectivity index (χ1n) is 11.9. The van der Waals surface area contributed by atoms with Crippen LogP contribution in [-0.2, 0) is 9.53 Å². The SMILES string of the molecule is CCOC1(C(=O)Nc2ccc(OCCCN3CCCC(C)C3)cc2)CCC(C)CC1. The van der Waals surface area contributed by atoms with Crippen molar-refractivity contribution in [1.29, 1.82) is 0 Å². The second kappa shape index (κ2) is 11.1. The van der Waals surface area contributed by atoms with E-state index in [1.54, 1.807) is 0 Å². The highest BCUT2D eigenvalue weighted by Crippen LogP contribution is 2.36. The molecule has 0 radical (unpaired) electrons. The smallest absolute Gasteiger partial charge is 0.256 e. The van der Waals surface area contributed by atoms with Crippen LogP contribution in [0.2, 0.25) is 0 Å². The summed E-state index contributed by atoms with van der Waals surface area (Å²) in [5.41, 5.74) is 0.120. The zero-order valence-corrected chi connectivity index (χ0v) is 19.1. The number of carbonyl (C=O) groups is 1. The molecule has 5 nitrogen and oxygen atoms in total. The maximum atomic E-state index is 13.0. The summed E-state index contributed by atoms with van der Waals surface area (Å²) in [5.74, 6) is 2.33. The van der Waals surface area contributed by atoms with Gasteiger partial charge in [0.1, 0.15) is 11.4 Å². The first kappa shape index (κ1) is 23.1. The van der Waals surface area contributed by atoms with Gasteiger partial charge in [0, 0.05) is 25.4 Å². The van der Waals surface area contributed by atoms with Gasteiger partial charge >= 0.3 is 0 Å². The number of hydrogen-bond acceptors (Lipinski definition) is 4. The van der Waals surface area contributed by atoms with Gasteiger partial charge in [-0.1, -0.05) is 13.8 Å². The lowest BCUT2D eigenvalue weighted by molar-refractivity contribution is -0.146. The third-order valence-corrected chi connectivity index (χ3v) is 6.66. The number of nitrogens with one attached hydrogen (secondary N) is 1. The molecule has 30 heavy (non-hydrogen) atoms. The van der Waals surface area contributed by atoms with E-state index < -0.39 is 5.60 Å². The molecule has 1 aromatic rings. The van der Waals surface area contributed by atoms with Gasteiger partial charge in [0.15, 0.2) is 0 Å². The number of rotatable bonds is 9. The van der Waals surface area contributed by atoms with Crippen molar-refractivity contribution in [2.24, 2.45) is 11.8 Å². The van der Waals surface area contributed by atoms with E-state index in [9.17, 15) is 4.79 Å². The van der Waals surface area contributed by atoms with Gasteiger partial charge in [-0.2, -0.15) is 0 Å². The summed E-state index contributed by atoms with van der Waals surface area (Å²) in [4.78, 5) is 15.5. The van der Waals surface area contributed by atoms with E-state index in [4.69, 9.17) is 9.47 Å². The van der Waals surface area contributed by atoms with E-state index >= 15 is 0 Å². The van der Waals surface area contributed by atoms with E-state index in [0.29, 0.717) is 12.5 Å². The van der Waals surface area contributed by atoms with Crippen molar-refractivity contribution in [3.05, 3.63) is 24.3 Å². The molecule has 0 aromatic heterocycles. The number of amides is 1. The summed E-state index contributed by atoms with van der Waals surface area (Å²) in [6.45, 7) is 11.4. The van der Waals surface area contributed by atoms with Crippen molar-refractivity contribution in [2.45, 2.75) is 71.3 Å². The molecule has 1 atom stereocenters. The maximum absolute atomic E-state index is 13.0. The van der Waals surface area contributed by atoms with Crippen LogP contribution in [0.4, 0.5) is 5.69 Å². The highest BCUT2D eigenvalue weighted by Gasteiger charge is 2.41. The molecule has 1 saturated heterocycles. The molecule has 1 aliphatic heterocycles. The topological polar surface area (TPSA) is 50.8 Å². The van der Waals surface area contributed by atoms with Crippen LogP contribution >= 0.6 is 0 Å². The monoisotopic (exact) mass is 416 g/mol. The van der Waals surface area contributed by atoms with Gasteiger partial charge in [-0.05, 0) is 94.5 Å². The summed E-state index contributed by atoms with van der Waals surface area (Å²) in [6.07, 6.45) is 7.39. The van der Waals surface area contributed by atoms with Crippen LogP contribution < -0.4 is 10.1 Å².